The Labute approximate surface area is 78.1 Å². The first kappa shape index (κ1) is 9.28. The molecule has 64 valence electrons. The van der Waals surface area contributed by atoms with Crippen LogP contribution in [0.1, 0.15) is 22.8 Å². The van der Waals surface area contributed by atoms with Gasteiger partial charge in [-0.05, 0) is 18.6 Å². The minimum Gasteiger partial charge on any atom is -0.298 e. The van der Waals surface area contributed by atoms with Gasteiger partial charge in [0.15, 0.2) is 6.29 Å². The number of hydrogen-bond acceptors (Lipinski definition) is 1. The van der Waals surface area contributed by atoms with Crippen LogP contribution in [0, 0.1) is 11.8 Å². The van der Waals surface area contributed by atoms with E-state index in [2.05, 4.69) is 18.4 Å². The van der Waals surface area contributed by atoms with Crippen LogP contribution < -0.4 is 0 Å². The highest BCUT2D eigenvalue weighted by Crippen LogP contribution is 2.03. The number of benzene rings is 1. The molecule has 0 aliphatic carbocycles. The van der Waals surface area contributed by atoms with Gasteiger partial charge < -0.3 is 0 Å². The van der Waals surface area contributed by atoms with Gasteiger partial charge in [-0.25, -0.2) is 0 Å². The molecule has 1 aromatic rings. The molecule has 0 spiro atoms. The van der Waals surface area contributed by atoms with Gasteiger partial charge in [0.2, 0.25) is 0 Å². The third-order valence-corrected chi connectivity index (χ3v) is 1.50. The third kappa shape index (κ3) is 2.61. The van der Waals surface area contributed by atoms with Crippen molar-refractivity contribution in [1.29, 1.82) is 0 Å². The first-order chi connectivity index (χ1) is 6.24. The summed E-state index contributed by atoms with van der Waals surface area (Å²) < 4.78 is 0. The average molecular weight is 170 g/mol. The molecular weight excluding hydrogens is 160 g/mol. The van der Waals surface area contributed by atoms with Crippen molar-refractivity contribution in [3.05, 3.63) is 47.5 Å². The monoisotopic (exact) mass is 170 g/mol. The van der Waals surface area contributed by atoms with Crippen LogP contribution in [0.15, 0.2) is 36.4 Å². The van der Waals surface area contributed by atoms with E-state index in [-0.39, 0.29) is 0 Å². The lowest BCUT2D eigenvalue weighted by atomic mass is 10.1. The summed E-state index contributed by atoms with van der Waals surface area (Å²) in [6.45, 7) is 5.49. The minimum absolute atomic E-state index is 0.622. The summed E-state index contributed by atoms with van der Waals surface area (Å²) in [5.74, 6) is 5.72. The van der Waals surface area contributed by atoms with Crippen molar-refractivity contribution >= 4 is 6.29 Å². The van der Waals surface area contributed by atoms with Gasteiger partial charge in [-0.3, -0.25) is 4.79 Å². The molecule has 0 unspecified atom stereocenters. The van der Waals surface area contributed by atoms with Crippen LogP contribution in [0.25, 0.3) is 0 Å². The second-order valence-corrected chi connectivity index (χ2v) is 2.74. The fraction of sp³-hybridized carbons (Fsp3) is 0.0833. The molecule has 0 saturated carbocycles. The van der Waals surface area contributed by atoms with E-state index in [1.54, 1.807) is 6.07 Å². The molecule has 0 amide bonds. The van der Waals surface area contributed by atoms with Gasteiger partial charge in [-0.1, -0.05) is 36.6 Å². The van der Waals surface area contributed by atoms with Crippen molar-refractivity contribution in [2.24, 2.45) is 0 Å². The van der Waals surface area contributed by atoms with E-state index in [4.69, 9.17) is 0 Å². The Hall–Kier alpha value is -1.81. The zero-order valence-corrected chi connectivity index (χ0v) is 7.50. The van der Waals surface area contributed by atoms with Crippen LogP contribution in [0.5, 0.6) is 0 Å². The second kappa shape index (κ2) is 4.27. The van der Waals surface area contributed by atoms with Crippen molar-refractivity contribution in [2.75, 3.05) is 0 Å². The lowest BCUT2D eigenvalue weighted by Crippen LogP contribution is -1.85. The van der Waals surface area contributed by atoms with Crippen molar-refractivity contribution in [2.45, 2.75) is 6.92 Å². The van der Waals surface area contributed by atoms with Crippen molar-refractivity contribution in [3.8, 4) is 11.8 Å². The zero-order chi connectivity index (χ0) is 9.68. The van der Waals surface area contributed by atoms with Crippen molar-refractivity contribution < 1.29 is 4.79 Å². The SMILES string of the molecule is C=C(C)C#Cc1ccccc1C=O. The normalized spacial score (nSPS) is 8.38. The average Bonchev–Trinajstić information content (AvgIpc) is 2.15. The number of hydrogen-bond donors (Lipinski definition) is 0. The second-order valence-electron chi connectivity index (χ2n) is 2.74. The molecular formula is C12H10O. The zero-order valence-electron chi connectivity index (χ0n) is 7.50. The van der Waals surface area contributed by atoms with E-state index >= 15 is 0 Å². The molecule has 0 heterocycles. The van der Waals surface area contributed by atoms with Gasteiger partial charge >= 0.3 is 0 Å². The van der Waals surface area contributed by atoms with Gasteiger partial charge in [0.1, 0.15) is 0 Å². The Morgan fingerprint density at radius 3 is 2.77 bits per heavy atom. The Morgan fingerprint density at radius 2 is 2.15 bits per heavy atom. The fourth-order valence-corrected chi connectivity index (χ4v) is 0.888. The van der Waals surface area contributed by atoms with Crippen LogP contribution in [0.2, 0.25) is 0 Å². The molecule has 0 N–H and O–H groups in total. The van der Waals surface area contributed by atoms with Gasteiger partial charge in [-0.2, -0.15) is 0 Å². The number of aldehydes is 1. The summed E-state index contributed by atoms with van der Waals surface area (Å²) in [4.78, 5) is 10.6. The Kier molecular flexibility index (Phi) is 3.05. The van der Waals surface area contributed by atoms with Crippen LogP contribution in [-0.2, 0) is 0 Å². The van der Waals surface area contributed by atoms with Crippen LogP contribution in [-0.4, -0.2) is 6.29 Å². The maximum Gasteiger partial charge on any atom is 0.151 e. The quantitative estimate of drug-likeness (QED) is 0.467. The highest BCUT2D eigenvalue weighted by molar-refractivity contribution is 5.79. The minimum atomic E-state index is 0.622. The molecule has 13 heavy (non-hydrogen) atoms. The summed E-state index contributed by atoms with van der Waals surface area (Å²) in [6, 6.07) is 7.24. The lowest BCUT2D eigenvalue weighted by Gasteiger charge is -1.93. The fourth-order valence-electron chi connectivity index (χ4n) is 0.888. The highest BCUT2D eigenvalue weighted by Gasteiger charge is 1.94. The molecule has 0 aliphatic rings. The van der Waals surface area contributed by atoms with Crippen LogP contribution >= 0.6 is 0 Å². The lowest BCUT2D eigenvalue weighted by molar-refractivity contribution is 0.112. The summed E-state index contributed by atoms with van der Waals surface area (Å²) in [5, 5.41) is 0. The Balaban J connectivity index is 3.09. The molecule has 0 radical (unpaired) electrons. The number of allylic oxidation sites excluding steroid dienone is 1. The molecule has 0 bridgehead atoms. The molecule has 0 fully saturated rings. The van der Waals surface area contributed by atoms with E-state index in [9.17, 15) is 4.79 Å². The summed E-state index contributed by atoms with van der Waals surface area (Å²) in [7, 11) is 0. The smallest absolute Gasteiger partial charge is 0.151 e. The predicted molar refractivity (Wildman–Crippen MR) is 53.5 cm³/mol. The molecule has 1 aromatic carbocycles. The van der Waals surface area contributed by atoms with Crippen molar-refractivity contribution in [3.63, 3.8) is 0 Å². The third-order valence-electron chi connectivity index (χ3n) is 1.50. The van der Waals surface area contributed by atoms with Gasteiger partial charge in [0.25, 0.3) is 0 Å². The maximum atomic E-state index is 10.6. The van der Waals surface area contributed by atoms with Gasteiger partial charge in [0, 0.05) is 11.1 Å². The van der Waals surface area contributed by atoms with E-state index < -0.39 is 0 Å². The van der Waals surface area contributed by atoms with Crippen molar-refractivity contribution in [1.82, 2.24) is 0 Å². The first-order valence-electron chi connectivity index (χ1n) is 3.96. The predicted octanol–water partition coefficient (Wildman–Crippen LogP) is 2.43. The van der Waals surface area contributed by atoms with Crippen LogP contribution in [0.3, 0.4) is 0 Å². The van der Waals surface area contributed by atoms with E-state index in [0.29, 0.717) is 5.56 Å². The van der Waals surface area contributed by atoms with Crippen LogP contribution in [0.4, 0.5) is 0 Å². The summed E-state index contributed by atoms with van der Waals surface area (Å²) >= 11 is 0. The standard InChI is InChI=1S/C12H10O/c1-10(2)7-8-11-5-3-4-6-12(11)9-13/h3-6,9H,1H2,2H3. The largest absolute Gasteiger partial charge is 0.298 e. The molecule has 1 nitrogen and oxygen atoms in total. The van der Waals surface area contributed by atoms with E-state index in [1.807, 2.05) is 25.1 Å². The van der Waals surface area contributed by atoms with Gasteiger partial charge in [-0.15, -0.1) is 0 Å². The Morgan fingerprint density at radius 1 is 1.46 bits per heavy atom. The molecule has 0 aliphatic heterocycles. The molecule has 0 atom stereocenters. The molecule has 1 heteroatoms. The topological polar surface area (TPSA) is 17.1 Å². The summed E-state index contributed by atoms with van der Waals surface area (Å²) in [6.07, 6.45) is 0.808. The first-order valence-corrected chi connectivity index (χ1v) is 3.96. The number of carbonyl (C=O) groups excluding carboxylic acids is 1. The Bertz CT molecular complexity index is 391. The maximum absolute atomic E-state index is 10.6. The van der Waals surface area contributed by atoms with Gasteiger partial charge in [0.05, 0.1) is 0 Å². The molecule has 0 saturated heterocycles. The summed E-state index contributed by atoms with van der Waals surface area (Å²) in [5.41, 5.74) is 2.16. The molecule has 0 aromatic heterocycles. The van der Waals surface area contributed by atoms with E-state index in [1.165, 1.54) is 0 Å². The molecule has 1 rings (SSSR count). The van der Waals surface area contributed by atoms with E-state index in [0.717, 1.165) is 17.4 Å². The number of carbonyl (C=O) groups is 1. The number of rotatable bonds is 1. The highest BCUT2D eigenvalue weighted by atomic mass is 16.1.